The molecule has 0 unspecified atom stereocenters. The maximum Gasteiger partial charge on any atom is 0.236 e. The molecular weight excluding hydrogens is 254 g/mol. The van der Waals surface area contributed by atoms with Gasteiger partial charge in [0, 0.05) is 32.2 Å². The van der Waals surface area contributed by atoms with E-state index in [-0.39, 0.29) is 5.91 Å². The summed E-state index contributed by atoms with van der Waals surface area (Å²) < 4.78 is 5.68. The normalized spacial score (nSPS) is 14.6. The molecule has 0 spiro atoms. The average molecular weight is 273 g/mol. The Bertz CT molecular complexity index is 510. The molecule has 0 aromatic heterocycles. The molecule has 1 aliphatic heterocycles. The standard InChI is InChI=1S/C15H19N3O2/c1-17(8-4-7-16)15(19)12-18-9-10-20-14-6-3-2-5-13(14)11-18/h2-3,5-6H,4,8-12H2,1H3. The molecule has 2 rings (SSSR count). The van der Waals surface area contributed by atoms with Crippen LogP contribution in [0.4, 0.5) is 0 Å². The summed E-state index contributed by atoms with van der Waals surface area (Å²) in [5.74, 6) is 0.944. The summed E-state index contributed by atoms with van der Waals surface area (Å²) in [5.41, 5.74) is 1.11. The van der Waals surface area contributed by atoms with Crippen molar-refractivity contribution >= 4 is 5.91 Å². The third kappa shape index (κ3) is 3.72. The van der Waals surface area contributed by atoms with E-state index in [0.717, 1.165) is 17.9 Å². The Morgan fingerprint density at radius 3 is 3.10 bits per heavy atom. The zero-order valence-corrected chi connectivity index (χ0v) is 11.7. The van der Waals surface area contributed by atoms with Gasteiger partial charge in [-0.05, 0) is 6.07 Å². The van der Waals surface area contributed by atoms with Gasteiger partial charge >= 0.3 is 0 Å². The lowest BCUT2D eigenvalue weighted by Crippen LogP contribution is -2.39. The van der Waals surface area contributed by atoms with Crippen LogP contribution in [0.1, 0.15) is 12.0 Å². The van der Waals surface area contributed by atoms with Gasteiger partial charge in [0.25, 0.3) is 0 Å². The zero-order valence-electron chi connectivity index (χ0n) is 11.7. The molecule has 5 nitrogen and oxygen atoms in total. The molecule has 0 atom stereocenters. The van der Waals surface area contributed by atoms with Gasteiger partial charge in [0.15, 0.2) is 0 Å². The molecule has 1 aromatic rings. The quantitative estimate of drug-likeness (QED) is 0.828. The number of ether oxygens (including phenoxy) is 1. The van der Waals surface area contributed by atoms with Crippen LogP contribution in [0.5, 0.6) is 5.75 Å². The Morgan fingerprint density at radius 1 is 1.50 bits per heavy atom. The molecule has 0 saturated heterocycles. The van der Waals surface area contributed by atoms with Crippen molar-refractivity contribution in [2.75, 3.05) is 33.3 Å². The van der Waals surface area contributed by atoms with Crippen LogP contribution in [0.3, 0.4) is 0 Å². The van der Waals surface area contributed by atoms with Crippen molar-refractivity contribution in [3.05, 3.63) is 29.8 Å². The van der Waals surface area contributed by atoms with Crippen molar-refractivity contribution in [1.29, 1.82) is 5.26 Å². The number of carbonyl (C=O) groups is 1. The lowest BCUT2D eigenvalue weighted by molar-refractivity contribution is -0.131. The Labute approximate surface area is 119 Å². The molecule has 0 aliphatic carbocycles. The van der Waals surface area contributed by atoms with Gasteiger partial charge in [-0.1, -0.05) is 18.2 Å². The Morgan fingerprint density at radius 2 is 2.30 bits per heavy atom. The maximum atomic E-state index is 12.1. The maximum absolute atomic E-state index is 12.1. The van der Waals surface area contributed by atoms with E-state index in [2.05, 4.69) is 11.0 Å². The summed E-state index contributed by atoms with van der Waals surface area (Å²) in [6.07, 6.45) is 0.369. The minimum absolute atomic E-state index is 0.0413. The molecule has 106 valence electrons. The van der Waals surface area contributed by atoms with Crippen LogP contribution in [0.15, 0.2) is 24.3 Å². The fourth-order valence-electron chi connectivity index (χ4n) is 2.17. The van der Waals surface area contributed by atoms with Gasteiger partial charge in [-0.3, -0.25) is 9.69 Å². The lowest BCUT2D eigenvalue weighted by atomic mass is 10.2. The van der Waals surface area contributed by atoms with Crippen LogP contribution < -0.4 is 4.74 Å². The van der Waals surface area contributed by atoms with Crippen molar-refractivity contribution in [1.82, 2.24) is 9.80 Å². The molecule has 1 amide bonds. The first-order valence-electron chi connectivity index (χ1n) is 6.74. The number of amides is 1. The highest BCUT2D eigenvalue weighted by molar-refractivity contribution is 5.78. The highest BCUT2D eigenvalue weighted by atomic mass is 16.5. The second-order valence-corrected chi connectivity index (χ2v) is 4.89. The van der Waals surface area contributed by atoms with Crippen LogP contribution in [0.2, 0.25) is 0 Å². The van der Waals surface area contributed by atoms with Crippen LogP contribution in [0, 0.1) is 11.3 Å². The largest absolute Gasteiger partial charge is 0.492 e. The monoisotopic (exact) mass is 273 g/mol. The van der Waals surface area contributed by atoms with Gasteiger partial charge in [0.1, 0.15) is 12.4 Å². The summed E-state index contributed by atoms with van der Waals surface area (Å²) in [6, 6.07) is 9.97. The van der Waals surface area contributed by atoms with E-state index < -0.39 is 0 Å². The van der Waals surface area contributed by atoms with Gasteiger partial charge < -0.3 is 9.64 Å². The number of nitrogens with zero attached hydrogens (tertiary/aromatic N) is 3. The predicted molar refractivity (Wildman–Crippen MR) is 75.1 cm³/mol. The number of carbonyl (C=O) groups excluding carboxylic acids is 1. The smallest absolute Gasteiger partial charge is 0.236 e. The summed E-state index contributed by atoms with van der Waals surface area (Å²) in [7, 11) is 1.74. The predicted octanol–water partition coefficient (Wildman–Crippen LogP) is 1.25. The SMILES string of the molecule is CN(CCC#N)C(=O)CN1CCOc2ccccc2C1. The van der Waals surface area contributed by atoms with Gasteiger partial charge in [-0.2, -0.15) is 5.26 Å². The van der Waals surface area contributed by atoms with E-state index in [0.29, 0.717) is 32.7 Å². The molecule has 0 bridgehead atoms. The molecule has 0 N–H and O–H groups in total. The average Bonchev–Trinajstić information content (AvgIpc) is 2.66. The van der Waals surface area contributed by atoms with Crippen LogP contribution >= 0.6 is 0 Å². The Balaban J connectivity index is 1.94. The number of benzene rings is 1. The van der Waals surface area contributed by atoms with Crippen molar-refractivity contribution in [2.45, 2.75) is 13.0 Å². The second-order valence-electron chi connectivity index (χ2n) is 4.89. The molecule has 1 aliphatic rings. The minimum atomic E-state index is 0.0413. The molecule has 0 saturated carbocycles. The van der Waals surface area contributed by atoms with Gasteiger partial charge in [0.2, 0.25) is 5.91 Å². The fraction of sp³-hybridized carbons (Fsp3) is 0.467. The third-order valence-corrected chi connectivity index (χ3v) is 3.38. The summed E-state index contributed by atoms with van der Waals surface area (Å²) >= 11 is 0. The Hall–Kier alpha value is -2.06. The van der Waals surface area contributed by atoms with Crippen molar-refractivity contribution < 1.29 is 9.53 Å². The fourth-order valence-corrected chi connectivity index (χ4v) is 2.17. The number of para-hydroxylation sites is 1. The number of likely N-dealkylation sites (N-methyl/N-ethyl adjacent to an activating group) is 1. The first-order chi connectivity index (χ1) is 9.70. The number of fused-ring (bicyclic) bond motifs is 1. The molecule has 1 aromatic carbocycles. The molecule has 0 fully saturated rings. The molecule has 0 radical (unpaired) electrons. The lowest BCUT2D eigenvalue weighted by Gasteiger charge is -2.22. The number of rotatable bonds is 4. The minimum Gasteiger partial charge on any atom is -0.492 e. The summed E-state index contributed by atoms with van der Waals surface area (Å²) in [6.45, 7) is 2.88. The highest BCUT2D eigenvalue weighted by Crippen LogP contribution is 2.22. The van der Waals surface area contributed by atoms with Crippen molar-refractivity contribution in [3.8, 4) is 11.8 Å². The molecular formula is C15H19N3O2. The number of hydrogen-bond acceptors (Lipinski definition) is 4. The van der Waals surface area contributed by atoms with Crippen molar-refractivity contribution in [3.63, 3.8) is 0 Å². The van der Waals surface area contributed by atoms with E-state index >= 15 is 0 Å². The van der Waals surface area contributed by atoms with E-state index in [1.54, 1.807) is 11.9 Å². The first-order valence-corrected chi connectivity index (χ1v) is 6.74. The van der Waals surface area contributed by atoms with Crippen LogP contribution in [0.25, 0.3) is 0 Å². The molecule has 20 heavy (non-hydrogen) atoms. The highest BCUT2D eigenvalue weighted by Gasteiger charge is 2.18. The third-order valence-electron chi connectivity index (χ3n) is 3.38. The summed E-state index contributed by atoms with van der Waals surface area (Å²) in [5, 5.41) is 8.55. The number of hydrogen-bond donors (Lipinski definition) is 0. The number of nitriles is 1. The van der Waals surface area contributed by atoms with E-state index in [1.807, 2.05) is 24.3 Å². The second kappa shape index (κ2) is 6.92. The molecule has 5 heteroatoms. The van der Waals surface area contributed by atoms with Crippen LogP contribution in [-0.4, -0.2) is 49.0 Å². The van der Waals surface area contributed by atoms with Gasteiger partial charge in [-0.25, -0.2) is 0 Å². The van der Waals surface area contributed by atoms with E-state index in [4.69, 9.17) is 10.00 Å². The van der Waals surface area contributed by atoms with Crippen LogP contribution in [-0.2, 0) is 11.3 Å². The summed E-state index contributed by atoms with van der Waals surface area (Å²) in [4.78, 5) is 15.8. The first kappa shape index (κ1) is 14.4. The van der Waals surface area contributed by atoms with E-state index in [1.165, 1.54) is 0 Å². The Kier molecular flexibility index (Phi) is 4.97. The molecule has 1 heterocycles. The van der Waals surface area contributed by atoms with E-state index in [9.17, 15) is 4.79 Å². The van der Waals surface area contributed by atoms with Gasteiger partial charge in [-0.15, -0.1) is 0 Å². The topological polar surface area (TPSA) is 56.6 Å². The van der Waals surface area contributed by atoms with Crippen molar-refractivity contribution in [2.24, 2.45) is 0 Å². The zero-order chi connectivity index (χ0) is 14.4. The van der Waals surface area contributed by atoms with Gasteiger partial charge in [0.05, 0.1) is 19.0 Å².